The summed E-state index contributed by atoms with van der Waals surface area (Å²) in [5.41, 5.74) is 3.19. The molecule has 154 valence electrons. The molecule has 1 aliphatic heterocycles. The van der Waals surface area contributed by atoms with Gasteiger partial charge in [-0.2, -0.15) is 0 Å². The Morgan fingerprint density at radius 1 is 1.21 bits per heavy atom. The van der Waals surface area contributed by atoms with Gasteiger partial charge >= 0.3 is 0 Å². The van der Waals surface area contributed by atoms with E-state index in [9.17, 15) is 4.79 Å². The lowest BCUT2D eigenvalue weighted by Crippen LogP contribution is -2.53. The van der Waals surface area contributed by atoms with Crippen LogP contribution in [0.2, 0.25) is 0 Å². The lowest BCUT2D eigenvalue weighted by Gasteiger charge is -2.41. The van der Waals surface area contributed by atoms with Crippen LogP contribution < -0.4 is 14.8 Å². The highest BCUT2D eigenvalue weighted by atomic mass is 16.5. The van der Waals surface area contributed by atoms with Gasteiger partial charge in [-0.25, -0.2) is 0 Å². The van der Waals surface area contributed by atoms with Gasteiger partial charge in [0.25, 0.3) is 5.91 Å². The molecule has 2 aromatic carbocycles. The zero-order valence-corrected chi connectivity index (χ0v) is 17.5. The van der Waals surface area contributed by atoms with Gasteiger partial charge in [0.2, 0.25) is 0 Å². The Balaban J connectivity index is 1.63. The highest BCUT2D eigenvalue weighted by Crippen LogP contribution is 2.28. The van der Waals surface area contributed by atoms with Crippen molar-refractivity contribution in [1.29, 1.82) is 0 Å². The first-order valence-corrected chi connectivity index (χ1v) is 9.96. The maximum Gasteiger partial charge on any atom is 0.251 e. The van der Waals surface area contributed by atoms with Crippen molar-refractivity contribution < 1.29 is 14.3 Å². The SMILES string of the molecule is C=CCOc1ccc(C(=O)NCC(C)(C)N2CCc3ccccc3C2)cc1OC. The van der Waals surface area contributed by atoms with Crippen molar-refractivity contribution in [3.05, 3.63) is 71.8 Å². The molecule has 0 spiro atoms. The van der Waals surface area contributed by atoms with Crippen molar-refractivity contribution in [2.75, 3.05) is 26.8 Å². The van der Waals surface area contributed by atoms with E-state index >= 15 is 0 Å². The number of ether oxygens (including phenoxy) is 2. The van der Waals surface area contributed by atoms with E-state index in [1.165, 1.54) is 11.1 Å². The van der Waals surface area contributed by atoms with Crippen molar-refractivity contribution in [3.8, 4) is 11.5 Å². The molecule has 0 saturated carbocycles. The Morgan fingerprint density at radius 2 is 1.97 bits per heavy atom. The average Bonchev–Trinajstić information content (AvgIpc) is 2.75. The van der Waals surface area contributed by atoms with Crippen LogP contribution in [0.15, 0.2) is 55.1 Å². The number of nitrogens with one attached hydrogen (secondary N) is 1. The fourth-order valence-corrected chi connectivity index (χ4v) is 3.60. The lowest BCUT2D eigenvalue weighted by molar-refractivity contribution is 0.0826. The van der Waals surface area contributed by atoms with Gasteiger partial charge in [-0.1, -0.05) is 36.9 Å². The van der Waals surface area contributed by atoms with E-state index in [0.717, 1.165) is 19.5 Å². The van der Waals surface area contributed by atoms with Gasteiger partial charge < -0.3 is 14.8 Å². The molecule has 1 aliphatic rings. The van der Waals surface area contributed by atoms with Crippen LogP contribution in [-0.4, -0.2) is 43.2 Å². The van der Waals surface area contributed by atoms with E-state index in [4.69, 9.17) is 9.47 Å². The smallest absolute Gasteiger partial charge is 0.251 e. The van der Waals surface area contributed by atoms with Crippen molar-refractivity contribution in [2.24, 2.45) is 0 Å². The van der Waals surface area contributed by atoms with E-state index < -0.39 is 0 Å². The molecule has 0 fully saturated rings. The first kappa shape index (κ1) is 20.9. The van der Waals surface area contributed by atoms with Gasteiger partial charge in [0.15, 0.2) is 11.5 Å². The van der Waals surface area contributed by atoms with Crippen molar-refractivity contribution in [3.63, 3.8) is 0 Å². The molecule has 1 heterocycles. The first-order valence-electron chi connectivity index (χ1n) is 9.96. The summed E-state index contributed by atoms with van der Waals surface area (Å²) in [6.07, 6.45) is 2.71. The van der Waals surface area contributed by atoms with Gasteiger partial charge in [-0.05, 0) is 49.6 Å². The summed E-state index contributed by atoms with van der Waals surface area (Å²) in [6.45, 7) is 10.8. The average molecular weight is 395 g/mol. The summed E-state index contributed by atoms with van der Waals surface area (Å²) >= 11 is 0. The molecule has 5 nitrogen and oxygen atoms in total. The van der Waals surface area contributed by atoms with E-state index in [1.807, 2.05) is 0 Å². The second-order valence-electron chi connectivity index (χ2n) is 7.90. The highest BCUT2D eigenvalue weighted by molar-refractivity contribution is 5.94. The molecule has 5 heteroatoms. The Kier molecular flexibility index (Phi) is 6.60. The number of hydrogen-bond donors (Lipinski definition) is 1. The molecule has 0 saturated heterocycles. The molecule has 0 radical (unpaired) electrons. The minimum atomic E-state index is -0.152. The number of carbonyl (C=O) groups excluding carboxylic acids is 1. The summed E-state index contributed by atoms with van der Waals surface area (Å²) < 4.78 is 10.9. The number of methoxy groups -OCH3 is 1. The summed E-state index contributed by atoms with van der Waals surface area (Å²) in [6, 6.07) is 13.8. The monoisotopic (exact) mass is 394 g/mol. The number of rotatable bonds is 8. The molecule has 0 unspecified atom stereocenters. The quantitative estimate of drug-likeness (QED) is 0.692. The van der Waals surface area contributed by atoms with Crippen LogP contribution in [0.5, 0.6) is 11.5 Å². The number of nitrogens with zero attached hydrogens (tertiary/aromatic N) is 1. The van der Waals surface area contributed by atoms with E-state index in [2.05, 4.69) is 54.9 Å². The molecule has 0 bridgehead atoms. The van der Waals surface area contributed by atoms with Crippen LogP contribution in [0.4, 0.5) is 0 Å². The normalized spacial score (nSPS) is 14.0. The van der Waals surface area contributed by atoms with Crippen LogP contribution in [-0.2, 0) is 13.0 Å². The molecule has 29 heavy (non-hydrogen) atoms. The number of benzene rings is 2. The van der Waals surface area contributed by atoms with Gasteiger partial charge in [-0.3, -0.25) is 9.69 Å². The number of amides is 1. The third-order valence-corrected chi connectivity index (χ3v) is 5.45. The van der Waals surface area contributed by atoms with E-state index in [-0.39, 0.29) is 11.4 Å². The number of carbonyl (C=O) groups is 1. The fourth-order valence-electron chi connectivity index (χ4n) is 3.60. The van der Waals surface area contributed by atoms with Crippen molar-refractivity contribution in [2.45, 2.75) is 32.4 Å². The maximum atomic E-state index is 12.7. The zero-order chi connectivity index (χ0) is 20.9. The third-order valence-electron chi connectivity index (χ3n) is 5.45. The Labute approximate surface area is 173 Å². The standard InChI is InChI=1S/C24H30N2O3/c1-5-14-29-21-11-10-19(15-22(21)28-4)23(27)25-17-24(2,3)26-13-12-18-8-6-7-9-20(18)16-26/h5-11,15H,1,12-14,16-17H2,2-4H3,(H,25,27). The lowest BCUT2D eigenvalue weighted by atomic mass is 9.94. The van der Waals surface area contributed by atoms with E-state index in [1.54, 1.807) is 31.4 Å². The molecule has 0 aromatic heterocycles. The predicted octanol–water partition coefficient (Wildman–Crippen LogP) is 3.83. The summed E-state index contributed by atoms with van der Waals surface area (Å²) in [7, 11) is 1.56. The Bertz CT molecular complexity index is 876. The van der Waals surface area contributed by atoms with Crippen LogP contribution in [0.25, 0.3) is 0 Å². The number of fused-ring (bicyclic) bond motifs is 1. The van der Waals surface area contributed by atoms with Gasteiger partial charge in [0.05, 0.1) is 7.11 Å². The molecular weight excluding hydrogens is 364 g/mol. The second kappa shape index (κ2) is 9.14. The van der Waals surface area contributed by atoms with Gasteiger partial charge in [-0.15, -0.1) is 0 Å². The van der Waals surface area contributed by atoms with Crippen LogP contribution in [0, 0.1) is 0 Å². The van der Waals surface area contributed by atoms with Crippen LogP contribution in [0.3, 0.4) is 0 Å². The first-order chi connectivity index (χ1) is 13.9. The summed E-state index contributed by atoms with van der Waals surface area (Å²) in [5.74, 6) is 1.01. The summed E-state index contributed by atoms with van der Waals surface area (Å²) in [4.78, 5) is 15.2. The molecule has 1 amide bonds. The molecule has 0 atom stereocenters. The molecule has 3 rings (SSSR count). The largest absolute Gasteiger partial charge is 0.493 e. The molecule has 1 N–H and O–H groups in total. The van der Waals surface area contributed by atoms with Crippen molar-refractivity contribution >= 4 is 5.91 Å². The topological polar surface area (TPSA) is 50.8 Å². The third kappa shape index (κ3) is 4.98. The van der Waals surface area contributed by atoms with Crippen LogP contribution >= 0.6 is 0 Å². The minimum absolute atomic E-state index is 0.121. The fraction of sp³-hybridized carbons (Fsp3) is 0.375. The van der Waals surface area contributed by atoms with Crippen molar-refractivity contribution in [1.82, 2.24) is 10.2 Å². The van der Waals surface area contributed by atoms with Crippen LogP contribution in [0.1, 0.15) is 35.3 Å². The summed E-state index contributed by atoms with van der Waals surface area (Å²) in [5, 5.41) is 3.08. The minimum Gasteiger partial charge on any atom is -0.493 e. The molecule has 0 aliphatic carbocycles. The second-order valence-corrected chi connectivity index (χ2v) is 7.90. The Hall–Kier alpha value is -2.79. The Morgan fingerprint density at radius 3 is 2.69 bits per heavy atom. The van der Waals surface area contributed by atoms with E-state index in [0.29, 0.717) is 30.2 Å². The maximum absolute atomic E-state index is 12.7. The number of hydrogen-bond acceptors (Lipinski definition) is 4. The zero-order valence-electron chi connectivity index (χ0n) is 17.5. The molecular formula is C24H30N2O3. The predicted molar refractivity (Wildman–Crippen MR) is 116 cm³/mol. The van der Waals surface area contributed by atoms with Gasteiger partial charge in [0, 0.05) is 30.7 Å². The molecule has 2 aromatic rings. The highest BCUT2D eigenvalue weighted by Gasteiger charge is 2.30. The van der Waals surface area contributed by atoms with Gasteiger partial charge in [0.1, 0.15) is 6.61 Å².